The summed E-state index contributed by atoms with van der Waals surface area (Å²) >= 11 is 0. The quantitative estimate of drug-likeness (QED) is 0.506. The number of hydrogen-bond donors (Lipinski definition) is 2. The number of ether oxygens (including phenoxy) is 1. The minimum absolute atomic E-state index is 0.193. The molecule has 2 aliphatic heterocycles. The van der Waals surface area contributed by atoms with Crippen LogP contribution in [-0.4, -0.2) is 37.5 Å². The van der Waals surface area contributed by atoms with E-state index in [0.29, 0.717) is 0 Å². The maximum atomic E-state index is 13.3. The average molecular weight is 476 g/mol. The van der Waals surface area contributed by atoms with Crippen molar-refractivity contribution in [1.82, 2.24) is 5.32 Å². The van der Waals surface area contributed by atoms with E-state index in [1.165, 1.54) is 17.7 Å². The summed E-state index contributed by atoms with van der Waals surface area (Å²) < 4.78 is 18.9. The molecule has 2 heterocycles. The lowest BCUT2D eigenvalue weighted by molar-refractivity contribution is 0.415. The third-order valence-corrected chi connectivity index (χ3v) is 5.97. The van der Waals surface area contributed by atoms with Gasteiger partial charge in [-0.3, -0.25) is 9.98 Å². The van der Waals surface area contributed by atoms with Gasteiger partial charge < -0.3 is 20.3 Å². The van der Waals surface area contributed by atoms with Crippen molar-refractivity contribution in [3.63, 3.8) is 0 Å². The van der Waals surface area contributed by atoms with Crippen LogP contribution in [0.4, 0.5) is 15.8 Å². The van der Waals surface area contributed by atoms with Gasteiger partial charge in [0.15, 0.2) is 0 Å². The van der Waals surface area contributed by atoms with Gasteiger partial charge in [0, 0.05) is 18.4 Å². The molecule has 1 atom stereocenters. The molecule has 4 rings (SSSR count). The Labute approximate surface area is 207 Å². The zero-order valence-corrected chi connectivity index (χ0v) is 20.9. The Kier molecular flexibility index (Phi) is 7.54. The van der Waals surface area contributed by atoms with Gasteiger partial charge in [-0.15, -0.1) is 0 Å². The molecular weight excluding hydrogens is 441 g/mol. The normalized spacial score (nSPS) is 19.0. The molecule has 7 heteroatoms. The Bertz CT molecular complexity index is 1140. The van der Waals surface area contributed by atoms with Gasteiger partial charge in [-0.05, 0) is 93.6 Å². The summed E-state index contributed by atoms with van der Waals surface area (Å²) in [7, 11) is 1.69. The minimum atomic E-state index is -0.459. The number of nitrogens with one attached hydrogen (secondary N) is 2. The number of methoxy groups -OCH3 is 1. The number of amidine groups is 1. The lowest BCUT2D eigenvalue weighted by Crippen LogP contribution is -2.50. The molecule has 2 N–H and O–H groups in total. The van der Waals surface area contributed by atoms with Crippen LogP contribution in [0.2, 0.25) is 0 Å². The van der Waals surface area contributed by atoms with Crippen LogP contribution in [0, 0.1) is 5.82 Å². The zero-order valence-electron chi connectivity index (χ0n) is 20.9. The van der Waals surface area contributed by atoms with E-state index < -0.39 is 5.66 Å². The Morgan fingerprint density at radius 1 is 1.17 bits per heavy atom. The Balaban J connectivity index is 1.46. The highest BCUT2D eigenvalue weighted by Crippen LogP contribution is 2.30. The van der Waals surface area contributed by atoms with Crippen LogP contribution in [-0.2, 0) is 6.42 Å². The molecule has 35 heavy (non-hydrogen) atoms. The fourth-order valence-electron chi connectivity index (χ4n) is 4.15. The molecule has 0 bridgehead atoms. The van der Waals surface area contributed by atoms with Gasteiger partial charge in [0.1, 0.15) is 23.1 Å². The van der Waals surface area contributed by atoms with Gasteiger partial charge in [-0.1, -0.05) is 12.1 Å². The third-order valence-electron chi connectivity index (χ3n) is 5.97. The second-order valence-corrected chi connectivity index (χ2v) is 9.41. The topological polar surface area (TPSA) is 61.2 Å². The van der Waals surface area contributed by atoms with E-state index >= 15 is 0 Å². The fraction of sp³-hybridized carbons (Fsp3) is 0.357. The van der Waals surface area contributed by atoms with Crippen molar-refractivity contribution in [3.8, 4) is 5.75 Å². The van der Waals surface area contributed by atoms with Crippen molar-refractivity contribution in [2.24, 2.45) is 9.98 Å². The lowest BCUT2D eigenvalue weighted by Gasteiger charge is -2.32. The Hall–Kier alpha value is -3.61. The van der Waals surface area contributed by atoms with Crippen LogP contribution in [0.3, 0.4) is 0 Å². The van der Waals surface area contributed by atoms with Crippen LogP contribution in [0.25, 0.3) is 0 Å². The number of halogens is 1. The first-order valence-electron chi connectivity index (χ1n) is 12.1. The monoisotopic (exact) mass is 475 g/mol. The van der Waals surface area contributed by atoms with Gasteiger partial charge in [0.25, 0.3) is 0 Å². The van der Waals surface area contributed by atoms with Crippen molar-refractivity contribution in [1.29, 1.82) is 0 Å². The summed E-state index contributed by atoms with van der Waals surface area (Å²) in [6, 6.07) is 12.9. The number of aliphatic imine (C=N–C) groups is 2. The highest BCUT2D eigenvalue weighted by Gasteiger charge is 2.22. The zero-order chi connectivity index (χ0) is 24.8. The van der Waals surface area contributed by atoms with Crippen LogP contribution in [0.1, 0.15) is 39.2 Å². The van der Waals surface area contributed by atoms with Crippen LogP contribution in [0.15, 0.2) is 76.4 Å². The molecule has 0 saturated carbocycles. The molecule has 2 aromatic carbocycles. The van der Waals surface area contributed by atoms with E-state index in [9.17, 15) is 4.39 Å². The van der Waals surface area contributed by atoms with Crippen LogP contribution >= 0.6 is 0 Å². The molecular formula is C28H34FN5O. The van der Waals surface area contributed by atoms with Gasteiger partial charge in [-0.25, -0.2) is 4.39 Å². The molecule has 184 valence electrons. The van der Waals surface area contributed by atoms with E-state index in [-0.39, 0.29) is 11.9 Å². The van der Waals surface area contributed by atoms with E-state index in [1.54, 1.807) is 19.2 Å². The van der Waals surface area contributed by atoms with E-state index in [0.717, 1.165) is 54.3 Å². The first kappa shape index (κ1) is 24.5. The summed E-state index contributed by atoms with van der Waals surface area (Å²) in [5.74, 6) is 1.47. The van der Waals surface area contributed by atoms with Crippen molar-refractivity contribution in [2.45, 2.75) is 51.7 Å². The van der Waals surface area contributed by atoms with Crippen molar-refractivity contribution in [3.05, 3.63) is 77.8 Å². The Morgan fingerprint density at radius 2 is 1.97 bits per heavy atom. The molecule has 0 radical (unpaired) electrons. The summed E-state index contributed by atoms with van der Waals surface area (Å²) in [6.45, 7) is 6.95. The standard InChI is InChI=1S/C28H34FN5O/c1-20-15-17-34(19-31-20)25-14-8-21(18-26(25)35-4)7-9-22-6-5-16-30-27(22)33-28(2,3)32-24-12-10-23(29)11-13-24/h8-15,17-20,32H,5-7,16H2,1-4H3,(H,30,33)/b22-9+. The fourth-order valence-corrected chi connectivity index (χ4v) is 4.15. The molecule has 2 aliphatic rings. The summed E-state index contributed by atoms with van der Waals surface area (Å²) in [6.07, 6.45) is 10.9. The van der Waals surface area contributed by atoms with E-state index in [2.05, 4.69) is 52.9 Å². The highest BCUT2D eigenvalue weighted by molar-refractivity contribution is 5.99. The molecule has 1 unspecified atom stereocenters. The third kappa shape index (κ3) is 6.50. The second kappa shape index (κ2) is 10.8. The molecule has 0 amide bonds. The van der Waals surface area contributed by atoms with Gasteiger partial charge in [0.2, 0.25) is 0 Å². The minimum Gasteiger partial charge on any atom is -0.495 e. The summed E-state index contributed by atoms with van der Waals surface area (Å²) in [4.78, 5) is 11.2. The van der Waals surface area contributed by atoms with Crippen molar-refractivity contribution in [2.75, 3.05) is 23.9 Å². The number of benzene rings is 2. The lowest BCUT2D eigenvalue weighted by atomic mass is 10.0. The second-order valence-electron chi connectivity index (χ2n) is 9.41. The SMILES string of the molecule is COc1cc(C/C=C2\CCCN=C2NC(C)(C)Nc2ccc(F)cc2)ccc1N1C=CC(C)N=C1. The van der Waals surface area contributed by atoms with Crippen LogP contribution in [0.5, 0.6) is 5.75 Å². The van der Waals surface area contributed by atoms with Crippen molar-refractivity contribution >= 4 is 23.5 Å². The number of allylic oxidation sites excluding steroid dienone is 1. The predicted molar refractivity (Wildman–Crippen MR) is 143 cm³/mol. The smallest absolute Gasteiger partial charge is 0.143 e. The molecule has 6 nitrogen and oxygen atoms in total. The molecule has 0 saturated heterocycles. The first-order chi connectivity index (χ1) is 16.8. The number of hydrogen-bond acceptors (Lipinski definition) is 6. The molecule has 0 fully saturated rings. The van der Waals surface area contributed by atoms with Gasteiger partial charge in [-0.2, -0.15) is 0 Å². The van der Waals surface area contributed by atoms with Gasteiger partial charge >= 0.3 is 0 Å². The number of anilines is 2. The summed E-state index contributed by atoms with van der Waals surface area (Å²) in [5, 5.41) is 6.97. The molecule has 0 aliphatic carbocycles. The number of rotatable bonds is 7. The molecule has 2 aromatic rings. The predicted octanol–water partition coefficient (Wildman–Crippen LogP) is 5.68. The largest absolute Gasteiger partial charge is 0.495 e. The van der Waals surface area contributed by atoms with Crippen molar-refractivity contribution < 1.29 is 9.13 Å². The molecule has 0 aromatic heterocycles. The summed E-state index contributed by atoms with van der Waals surface area (Å²) in [5.41, 5.74) is 3.72. The van der Waals surface area contributed by atoms with E-state index in [4.69, 9.17) is 9.73 Å². The van der Waals surface area contributed by atoms with E-state index in [1.807, 2.05) is 31.3 Å². The average Bonchev–Trinajstić information content (AvgIpc) is 2.85. The maximum Gasteiger partial charge on any atom is 0.143 e. The molecule has 0 spiro atoms. The van der Waals surface area contributed by atoms with Gasteiger partial charge in [0.05, 0.1) is 25.2 Å². The van der Waals surface area contributed by atoms with Crippen LogP contribution < -0.4 is 20.3 Å². The Morgan fingerprint density at radius 3 is 2.69 bits per heavy atom. The highest BCUT2D eigenvalue weighted by atomic mass is 19.1. The maximum absolute atomic E-state index is 13.3. The number of nitrogens with zero attached hydrogens (tertiary/aromatic N) is 3. The first-order valence-corrected chi connectivity index (χ1v) is 12.1.